The third-order valence-electron chi connectivity index (χ3n) is 4.88. The number of amides is 1. The van der Waals surface area contributed by atoms with Crippen LogP contribution in [0.5, 0.6) is 0 Å². The lowest BCUT2D eigenvalue weighted by Crippen LogP contribution is -2.43. The number of carbonyl (C=O) groups excluding carboxylic acids is 1. The van der Waals surface area contributed by atoms with Crippen LogP contribution in [0.1, 0.15) is 33.1 Å². The van der Waals surface area contributed by atoms with Crippen LogP contribution in [-0.2, 0) is 4.74 Å². The SMILES string of the molecule is Cc1cccc(C(CNC(=O)c2cc(N)ccc2C)N2CCOCC2)c1. The molecular weight excluding hydrogens is 326 g/mol. The first-order valence-corrected chi connectivity index (χ1v) is 9.07. The third-order valence-corrected chi connectivity index (χ3v) is 4.88. The largest absolute Gasteiger partial charge is 0.399 e. The molecule has 1 heterocycles. The Labute approximate surface area is 155 Å². The highest BCUT2D eigenvalue weighted by Gasteiger charge is 2.23. The molecule has 1 aliphatic rings. The van der Waals surface area contributed by atoms with Crippen molar-refractivity contribution >= 4 is 11.6 Å². The van der Waals surface area contributed by atoms with Gasteiger partial charge in [0.1, 0.15) is 0 Å². The van der Waals surface area contributed by atoms with Gasteiger partial charge in [-0.05, 0) is 37.1 Å². The van der Waals surface area contributed by atoms with Crippen LogP contribution in [0.25, 0.3) is 0 Å². The molecule has 1 amide bonds. The highest BCUT2D eigenvalue weighted by atomic mass is 16.5. The summed E-state index contributed by atoms with van der Waals surface area (Å²) in [6.45, 7) is 7.76. The van der Waals surface area contributed by atoms with Gasteiger partial charge < -0.3 is 15.8 Å². The number of nitrogen functional groups attached to an aromatic ring is 1. The second-order valence-corrected chi connectivity index (χ2v) is 6.86. The van der Waals surface area contributed by atoms with Crippen LogP contribution in [-0.4, -0.2) is 43.7 Å². The molecule has 1 saturated heterocycles. The molecule has 3 rings (SSSR count). The van der Waals surface area contributed by atoms with Crippen LogP contribution in [0.3, 0.4) is 0 Å². The van der Waals surface area contributed by atoms with Gasteiger partial charge in [-0.2, -0.15) is 0 Å². The molecule has 0 radical (unpaired) electrons. The molecule has 5 nitrogen and oxygen atoms in total. The molecule has 1 fully saturated rings. The molecule has 3 N–H and O–H groups in total. The van der Waals surface area contributed by atoms with Crippen LogP contribution in [0.2, 0.25) is 0 Å². The number of benzene rings is 2. The Kier molecular flexibility index (Phi) is 5.91. The van der Waals surface area contributed by atoms with Crippen molar-refractivity contribution in [1.82, 2.24) is 10.2 Å². The molecule has 138 valence electrons. The van der Waals surface area contributed by atoms with Gasteiger partial charge in [-0.3, -0.25) is 9.69 Å². The van der Waals surface area contributed by atoms with E-state index in [1.54, 1.807) is 6.07 Å². The van der Waals surface area contributed by atoms with Gasteiger partial charge in [-0.25, -0.2) is 0 Å². The molecule has 2 aromatic carbocycles. The van der Waals surface area contributed by atoms with E-state index in [0.29, 0.717) is 17.8 Å². The van der Waals surface area contributed by atoms with Gasteiger partial charge in [0.05, 0.1) is 19.3 Å². The Morgan fingerprint density at radius 1 is 1.19 bits per heavy atom. The minimum atomic E-state index is -0.0827. The quantitative estimate of drug-likeness (QED) is 0.811. The Hall–Kier alpha value is -2.37. The second-order valence-electron chi connectivity index (χ2n) is 6.86. The zero-order chi connectivity index (χ0) is 18.5. The summed E-state index contributed by atoms with van der Waals surface area (Å²) in [4.78, 5) is 15.1. The number of nitrogens with two attached hydrogens (primary N) is 1. The van der Waals surface area contributed by atoms with E-state index in [1.165, 1.54) is 11.1 Å². The van der Waals surface area contributed by atoms with E-state index in [4.69, 9.17) is 10.5 Å². The summed E-state index contributed by atoms with van der Waals surface area (Å²) in [6.07, 6.45) is 0. The maximum atomic E-state index is 12.7. The highest BCUT2D eigenvalue weighted by Crippen LogP contribution is 2.22. The van der Waals surface area contributed by atoms with E-state index in [9.17, 15) is 4.79 Å². The first-order chi connectivity index (χ1) is 12.5. The maximum Gasteiger partial charge on any atom is 0.251 e. The first kappa shape index (κ1) is 18.4. The number of carbonyl (C=O) groups is 1. The lowest BCUT2D eigenvalue weighted by atomic mass is 10.0. The number of hydrogen-bond acceptors (Lipinski definition) is 4. The van der Waals surface area contributed by atoms with E-state index in [2.05, 4.69) is 41.4 Å². The monoisotopic (exact) mass is 353 g/mol. The van der Waals surface area contributed by atoms with E-state index in [-0.39, 0.29) is 11.9 Å². The van der Waals surface area contributed by atoms with Crippen LogP contribution >= 0.6 is 0 Å². The van der Waals surface area contributed by atoms with Gasteiger partial charge in [0.15, 0.2) is 0 Å². The van der Waals surface area contributed by atoms with Gasteiger partial charge in [-0.15, -0.1) is 0 Å². The summed E-state index contributed by atoms with van der Waals surface area (Å²) in [5.41, 5.74) is 10.4. The predicted molar refractivity (Wildman–Crippen MR) is 104 cm³/mol. The normalized spacial score (nSPS) is 16.2. The standard InChI is InChI=1S/C21H27N3O2/c1-15-4-3-5-17(12-15)20(24-8-10-26-11-9-24)14-23-21(25)19-13-18(22)7-6-16(19)2/h3-7,12-13,20H,8-11,14,22H2,1-2H3,(H,23,25). The molecule has 0 aromatic heterocycles. The first-order valence-electron chi connectivity index (χ1n) is 9.07. The van der Waals surface area contributed by atoms with Crippen molar-refractivity contribution in [2.24, 2.45) is 0 Å². The minimum Gasteiger partial charge on any atom is -0.399 e. The summed E-state index contributed by atoms with van der Waals surface area (Å²) >= 11 is 0. The molecule has 1 atom stereocenters. The molecule has 1 aliphatic heterocycles. The number of rotatable bonds is 5. The number of hydrogen-bond donors (Lipinski definition) is 2. The van der Waals surface area contributed by atoms with Crippen molar-refractivity contribution in [2.45, 2.75) is 19.9 Å². The molecule has 2 aromatic rings. The molecule has 1 unspecified atom stereocenters. The summed E-state index contributed by atoms with van der Waals surface area (Å²) in [5, 5.41) is 3.11. The van der Waals surface area contributed by atoms with Crippen LogP contribution in [0.4, 0.5) is 5.69 Å². The fourth-order valence-corrected chi connectivity index (χ4v) is 3.39. The number of anilines is 1. The lowest BCUT2D eigenvalue weighted by Gasteiger charge is -2.35. The van der Waals surface area contributed by atoms with Crippen LogP contribution in [0.15, 0.2) is 42.5 Å². The van der Waals surface area contributed by atoms with Crippen molar-refractivity contribution in [1.29, 1.82) is 0 Å². The van der Waals surface area contributed by atoms with Crippen molar-refractivity contribution in [3.63, 3.8) is 0 Å². The Balaban J connectivity index is 1.77. The molecule has 5 heteroatoms. The predicted octanol–water partition coefficient (Wildman–Crippen LogP) is 2.69. The second kappa shape index (κ2) is 8.34. The number of ether oxygens (including phenoxy) is 1. The Bertz CT molecular complexity index is 770. The van der Waals surface area contributed by atoms with E-state index < -0.39 is 0 Å². The summed E-state index contributed by atoms with van der Waals surface area (Å²) in [6, 6.07) is 14.0. The van der Waals surface area contributed by atoms with Gasteiger partial charge in [-0.1, -0.05) is 35.9 Å². The average molecular weight is 353 g/mol. The lowest BCUT2D eigenvalue weighted by molar-refractivity contribution is 0.0162. The van der Waals surface area contributed by atoms with E-state index >= 15 is 0 Å². The smallest absolute Gasteiger partial charge is 0.251 e. The number of morpholine rings is 1. The summed E-state index contributed by atoms with van der Waals surface area (Å²) in [5.74, 6) is -0.0827. The van der Waals surface area contributed by atoms with E-state index in [1.807, 2.05) is 19.1 Å². The minimum absolute atomic E-state index is 0.0827. The molecular formula is C21H27N3O2. The van der Waals surface area contributed by atoms with Gasteiger partial charge in [0.2, 0.25) is 0 Å². The topological polar surface area (TPSA) is 67.6 Å². The van der Waals surface area contributed by atoms with E-state index in [0.717, 1.165) is 31.9 Å². The number of nitrogens with zero attached hydrogens (tertiary/aromatic N) is 1. The van der Waals surface area contributed by atoms with Crippen LogP contribution < -0.4 is 11.1 Å². The molecule has 26 heavy (non-hydrogen) atoms. The molecule has 0 saturated carbocycles. The van der Waals surface area contributed by atoms with Crippen molar-refractivity contribution in [2.75, 3.05) is 38.6 Å². The van der Waals surface area contributed by atoms with Gasteiger partial charge in [0, 0.05) is 30.9 Å². The van der Waals surface area contributed by atoms with Crippen molar-refractivity contribution in [3.8, 4) is 0 Å². The maximum absolute atomic E-state index is 12.7. The fraction of sp³-hybridized carbons (Fsp3) is 0.381. The van der Waals surface area contributed by atoms with Gasteiger partial charge in [0.25, 0.3) is 5.91 Å². The zero-order valence-corrected chi connectivity index (χ0v) is 15.5. The fourth-order valence-electron chi connectivity index (χ4n) is 3.39. The number of nitrogens with one attached hydrogen (secondary N) is 1. The summed E-state index contributed by atoms with van der Waals surface area (Å²) < 4.78 is 5.49. The molecule has 0 bridgehead atoms. The summed E-state index contributed by atoms with van der Waals surface area (Å²) in [7, 11) is 0. The van der Waals surface area contributed by atoms with Gasteiger partial charge >= 0.3 is 0 Å². The van der Waals surface area contributed by atoms with Crippen molar-refractivity contribution < 1.29 is 9.53 Å². The van der Waals surface area contributed by atoms with Crippen molar-refractivity contribution in [3.05, 3.63) is 64.7 Å². The molecule has 0 aliphatic carbocycles. The third kappa shape index (κ3) is 4.42. The Morgan fingerprint density at radius 2 is 1.96 bits per heavy atom. The Morgan fingerprint density at radius 3 is 2.69 bits per heavy atom. The van der Waals surface area contributed by atoms with Crippen LogP contribution in [0, 0.1) is 13.8 Å². The zero-order valence-electron chi connectivity index (χ0n) is 15.5. The molecule has 0 spiro atoms. The highest BCUT2D eigenvalue weighted by molar-refractivity contribution is 5.96. The average Bonchev–Trinajstić information content (AvgIpc) is 2.65. The number of aryl methyl sites for hydroxylation is 2.